The second-order valence-corrected chi connectivity index (χ2v) is 11.2. The van der Waals surface area contributed by atoms with Crippen LogP contribution in [-0.4, -0.2) is 45.2 Å². The molecule has 0 aliphatic rings. The van der Waals surface area contributed by atoms with E-state index in [0.29, 0.717) is 19.7 Å². The summed E-state index contributed by atoms with van der Waals surface area (Å²) in [6.45, 7) is 10.4. The van der Waals surface area contributed by atoms with Gasteiger partial charge in [0.1, 0.15) is 6.79 Å². The van der Waals surface area contributed by atoms with Crippen LogP contribution in [0, 0.1) is 5.92 Å². The van der Waals surface area contributed by atoms with E-state index in [9.17, 15) is 0 Å². The zero-order chi connectivity index (χ0) is 12.6. The lowest BCUT2D eigenvalue weighted by Gasteiger charge is -2.16. The van der Waals surface area contributed by atoms with E-state index < -0.39 is 15.2 Å². The van der Waals surface area contributed by atoms with Gasteiger partial charge in [-0.2, -0.15) is 0 Å². The smallest absolute Gasteiger partial charge is 0.427 e. The van der Waals surface area contributed by atoms with E-state index in [1.54, 1.807) is 0 Å². The van der Waals surface area contributed by atoms with Gasteiger partial charge in [-0.05, 0) is 18.3 Å². The van der Waals surface area contributed by atoms with Crippen molar-refractivity contribution in [3.05, 3.63) is 0 Å². The predicted octanol–water partition coefficient (Wildman–Crippen LogP) is 1.42. The normalized spacial score (nSPS) is 13.9. The molecule has 0 aromatic carbocycles. The summed E-state index contributed by atoms with van der Waals surface area (Å²) in [6, 6.07) is 1.14. The van der Waals surface area contributed by atoms with E-state index >= 15 is 0 Å². The zero-order valence-electron chi connectivity index (χ0n) is 10.9. The number of rotatable bonds is 9. The van der Waals surface area contributed by atoms with Gasteiger partial charge in [0, 0.05) is 14.7 Å². The first kappa shape index (κ1) is 16.1. The molecule has 0 aliphatic heterocycles. The van der Waals surface area contributed by atoms with E-state index in [2.05, 4.69) is 19.6 Å². The van der Waals surface area contributed by atoms with Gasteiger partial charge in [0.05, 0.1) is 6.61 Å². The topological polar surface area (TPSA) is 58.9 Å². The Bertz CT molecular complexity index is 173. The predicted molar refractivity (Wildman–Crippen MR) is 69.1 cm³/mol. The van der Waals surface area contributed by atoms with E-state index in [1.807, 2.05) is 6.92 Å². The van der Waals surface area contributed by atoms with Gasteiger partial charge in [0.25, 0.3) is 0 Å². The van der Waals surface area contributed by atoms with E-state index in [4.69, 9.17) is 19.5 Å². The van der Waals surface area contributed by atoms with Crippen LogP contribution in [0.4, 0.5) is 0 Å². The van der Waals surface area contributed by atoms with Crippen LogP contribution in [0.5, 0.6) is 0 Å². The van der Waals surface area contributed by atoms with Gasteiger partial charge in [-0.3, -0.25) is 0 Å². The van der Waals surface area contributed by atoms with Crippen molar-refractivity contribution >= 4 is 15.2 Å². The van der Waals surface area contributed by atoms with Crippen molar-refractivity contribution in [1.82, 2.24) is 0 Å². The fourth-order valence-electron chi connectivity index (χ4n) is 1.17. The molecule has 0 saturated heterocycles. The molecule has 0 amide bonds. The summed E-state index contributed by atoms with van der Waals surface area (Å²) in [4.78, 5) is 0. The molecule has 0 unspecified atom stereocenters. The third-order valence-electron chi connectivity index (χ3n) is 2.18. The van der Waals surface area contributed by atoms with Gasteiger partial charge in [-0.1, -0.05) is 26.6 Å². The van der Waals surface area contributed by atoms with E-state index in [-0.39, 0.29) is 5.92 Å². The first-order chi connectivity index (χ1) is 7.31. The van der Waals surface area contributed by atoms with Gasteiger partial charge in [0.15, 0.2) is 0 Å². The molecule has 0 radical (unpaired) electrons. The van der Waals surface area contributed by atoms with Crippen LogP contribution in [0.2, 0.25) is 32.0 Å². The summed E-state index contributed by atoms with van der Waals surface area (Å²) < 4.78 is 10.6. The van der Waals surface area contributed by atoms with Crippen molar-refractivity contribution in [1.29, 1.82) is 0 Å². The number of hydrogen-bond donors (Lipinski definition) is 2. The lowest BCUT2D eigenvalue weighted by atomic mass is 9.79. The Morgan fingerprint density at radius 2 is 1.81 bits per heavy atom. The minimum atomic E-state index is -1.24. The minimum Gasteiger partial charge on any atom is -0.427 e. The highest BCUT2D eigenvalue weighted by atomic mass is 28.3. The highest BCUT2D eigenvalue weighted by molar-refractivity contribution is 6.76. The lowest BCUT2D eigenvalue weighted by molar-refractivity contribution is -0.0578. The molecule has 0 aliphatic carbocycles. The van der Waals surface area contributed by atoms with Crippen LogP contribution in [0.3, 0.4) is 0 Å². The quantitative estimate of drug-likeness (QED) is 0.368. The highest BCUT2D eigenvalue weighted by Gasteiger charge is 2.13. The van der Waals surface area contributed by atoms with E-state index in [1.165, 1.54) is 0 Å². The number of hydrogen-bond acceptors (Lipinski definition) is 4. The van der Waals surface area contributed by atoms with Crippen molar-refractivity contribution in [2.24, 2.45) is 5.92 Å². The molecular weight excluding hydrogens is 223 g/mol. The maximum absolute atomic E-state index is 8.73. The van der Waals surface area contributed by atoms with Crippen molar-refractivity contribution in [2.45, 2.75) is 38.9 Å². The van der Waals surface area contributed by atoms with Crippen molar-refractivity contribution in [3.8, 4) is 0 Å². The highest BCUT2D eigenvalue weighted by Crippen LogP contribution is 2.08. The Hall–Kier alpha value is 0.122. The van der Waals surface area contributed by atoms with Crippen LogP contribution < -0.4 is 0 Å². The monoisotopic (exact) mass is 248 g/mol. The van der Waals surface area contributed by atoms with Crippen LogP contribution in [0.1, 0.15) is 6.92 Å². The van der Waals surface area contributed by atoms with Gasteiger partial charge in [0.2, 0.25) is 0 Å². The Morgan fingerprint density at radius 1 is 1.19 bits per heavy atom. The molecule has 0 rings (SSSR count). The maximum Gasteiger partial charge on any atom is 0.451 e. The second-order valence-electron chi connectivity index (χ2n) is 5.53. The largest absolute Gasteiger partial charge is 0.451 e. The lowest BCUT2D eigenvalue weighted by Crippen LogP contribution is -2.22. The zero-order valence-corrected chi connectivity index (χ0v) is 11.9. The molecule has 0 fully saturated rings. The summed E-state index contributed by atoms with van der Waals surface area (Å²) in [5.41, 5.74) is 0. The molecular formula is C10H25BO4Si. The van der Waals surface area contributed by atoms with Crippen molar-refractivity contribution < 1.29 is 19.5 Å². The van der Waals surface area contributed by atoms with Gasteiger partial charge in [-0.15, -0.1) is 0 Å². The number of ether oxygens (including phenoxy) is 2. The molecule has 0 heterocycles. The maximum atomic E-state index is 8.73. The van der Waals surface area contributed by atoms with Crippen molar-refractivity contribution in [2.75, 3.05) is 20.0 Å². The SMILES string of the molecule is C[C@H](COCOCC[Si](C)(C)C)CB(O)O. The Morgan fingerprint density at radius 3 is 2.31 bits per heavy atom. The third kappa shape index (κ3) is 12.2. The van der Waals surface area contributed by atoms with Crippen LogP contribution in [-0.2, 0) is 9.47 Å². The Labute approximate surface area is 100 Å². The summed E-state index contributed by atoms with van der Waals surface area (Å²) in [5, 5.41) is 17.5. The molecule has 16 heavy (non-hydrogen) atoms. The average molecular weight is 248 g/mol. The molecule has 0 aromatic rings. The minimum absolute atomic E-state index is 0.139. The molecule has 2 N–H and O–H groups in total. The summed E-state index contributed by atoms with van der Waals surface area (Å²) in [5.74, 6) is 0.139. The molecule has 0 spiro atoms. The van der Waals surface area contributed by atoms with Crippen molar-refractivity contribution in [3.63, 3.8) is 0 Å². The van der Waals surface area contributed by atoms with E-state index in [0.717, 1.165) is 12.7 Å². The molecule has 0 saturated carbocycles. The fraction of sp³-hybridized carbons (Fsp3) is 1.00. The van der Waals surface area contributed by atoms with Crippen LogP contribution in [0.15, 0.2) is 0 Å². The average Bonchev–Trinajstić information content (AvgIpc) is 2.07. The Kier molecular flexibility index (Phi) is 8.31. The molecule has 4 nitrogen and oxygen atoms in total. The van der Waals surface area contributed by atoms with Gasteiger partial charge < -0.3 is 19.5 Å². The first-order valence-corrected chi connectivity index (χ1v) is 9.53. The molecule has 0 aromatic heterocycles. The molecule has 6 heteroatoms. The molecule has 1 atom stereocenters. The van der Waals surface area contributed by atoms with Gasteiger partial charge in [-0.25, -0.2) is 0 Å². The summed E-state index contributed by atoms with van der Waals surface area (Å²) >= 11 is 0. The first-order valence-electron chi connectivity index (χ1n) is 5.83. The Balaban J connectivity index is 3.27. The summed E-state index contributed by atoms with van der Waals surface area (Å²) in [6.07, 6.45) is 0.342. The van der Waals surface area contributed by atoms with Crippen LogP contribution >= 0.6 is 0 Å². The van der Waals surface area contributed by atoms with Gasteiger partial charge >= 0.3 is 7.12 Å². The third-order valence-corrected chi connectivity index (χ3v) is 3.88. The standard InChI is InChI=1S/C10H25BO4Si/c1-10(7-11(12)13)8-15-9-14-5-6-16(2,3)4/h10,12-13H,5-9H2,1-4H3/t10-/m0/s1. The molecule has 96 valence electrons. The fourth-order valence-corrected chi connectivity index (χ4v) is 1.93. The molecule has 0 bridgehead atoms. The summed E-state index contributed by atoms with van der Waals surface area (Å²) in [7, 11) is -2.25. The van der Waals surface area contributed by atoms with Crippen LogP contribution in [0.25, 0.3) is 0 Å². The second kappa shape index (κ2) is 8.25.